The van der Waals surface area contributed by atoms with Gasteiger partial charge in [0.2, 0.25) is 6.33 Å². The van der Waals surface area contributed by atoms with E-state index in [2.05, 4.69) is 10.3 Å². The van der Waals surface area contributed by atoms with E-state index in [0.29, 0.717) is 10.9 Å². The number of aromatic amines is 1. The summed E-state index contributed by atoms with van der Waals surface area (Å²) in [5.74, 6) is -3.47. The average molecular weight is 378 g/mol. The number of alkyl halides is 1. The first-order valence-corrected chi connectivity index (χ1v) is 8.38. The number of nitrogens with zero attached hydrogens (tertiary/aromatic N) is 1. The Bertz CT molecular complexity index is 925. The van der Waals surface area contributed by atoms with Gasteiger partial charge in [-0.15, -0.1) is 0 Å². The van der Waals surface area contributed by atoms with Gasteiger partial charge in [0, 0.05) is 5.92 Å². The van der Waals surface area contributed by atoms with E-state index in [0.717, 1.165) is 0 Å². The quantitative estimate of drug-likeness (QED) is 0.694. The molecule has 1 unspecified atom stereocenters. The van der Waals surface area contributed by atoms with Crippen LogP contribution in [0.3, 0.4) is 0 Å². The third-order valence-electron chi connectivity index (χ3n) is 4.17. The molecule has 0 aliphatic carbocycles. The summed E-state index contributed by atoms with van der Waals surface area (Å²) < 4.78 is 13.9. The minimum absolute atomic E-state index is 0.358. The van der Waals surface area contributed by atoms with E-state index in [1.165, 1.54) is 10.9 Å². The molecule has 0 radical (unpaired) electrons. The molecule has 0 saturated carbocycles. The summed E-state index contributed by atoms with van der Waals surface area (Å²) in [5, 5.41) is 11.5. The minimum Gasteiger partial charge on any atom is -0.481 e. The molecular formula is C18H21FN3O5+. The van der Waals surface area contributed by atoms with Crippen LogP contribution in [0, 0.1) is 5.92 Å². The predicted octanol–water partition coefficient (Wildman–Crippen LogP) is 0.511. The Labute approximate surface area is 154 Å². The van der Waals surface area contributed by atoms with Gasteiger partial charge in [-0.3, -0.25) is 14.4 Å². The van der Waals surface area contributed by atoms with E-state index in [9.17, 15) is 23.6 Å². The number of carboxylic acid groups (broad SMARTS) is 1. The molecular weight excluding hydrogens is 357 g/mol. The fourth-order valence-corrected chi connectivity index (χ4v) is 2.86. The van der Waals surface area contributed by atoms with Crippen molar-refractivity contribution in [2.45, 2.75) is 32.4 Å². The Hall–Kier alpha value is -3.10. The highest BCUT2D eigenvalue weighted by molar-refractivity contribution is 5.93. The van der Waals surface area contributed by atoms with Crippen molar-refractivity contribution in [1.82, 2.24) is 9.88 Å². The number of carbonyl (C=O) groups excluding carboxylic acids is 2. The second kappa shape index (κ2) is 8.52. The lowest BCUT2D eigenvalue weighted by Crippen LogP contribution is -2.48. The summed E-state index contributed by atoms with van der Waals surface area (Å²) in [6.07, 6.45) is 0.621. The van der Waals surface area contributed by atoms with Crippen LogP contribution >= 0.6 is 0 Å². The lowest BCUT2D eigenvalue weighted by molar-refractivity contribution is -0.353. The molecule has 8 nitrogen and oxygen atoms in total. The maximum Gasteiger partial charge on any atom is 0.345 e. The maximum absolute atomic E-state index is 12.8. The Morgan fingerprint density at radius 2 is 1.93 bits per heavy atom. The van der Waals surface area contributed by atoms with Gasteiger partial charge in [-0.2, -0.15) is 4.57 Å². The number of nitrogens with one attached hydrogen (secondary N) is 2. The first-order valence-electron chi connectivity index (χ1n) is 8.38. The maximum atomic E-state index is 12.8. The van der Waals surface area contributed by atoms with Crippen molar-refractivity contribution in [3.8, 4) is 0 Å². The van der Waals surface area contributed by atoms with E-state index >= 15 is 0 Å². The molecule has 0 saturated heterocycles. The van der Waals surface area contributed by atoms with E-state index < -0.39 is 48.4 Å². The summed E-state index contributed by atoms with van der Waals surface area (Å²) in [6, 6.07) is 4.26. The van der Waals surface area contributed by atoms with Crippen LogP contribution < -0.4 is 15.9 Å². The SMILES string of the molecule is CC(C)[C@@H](C(=O)NC(CC(=O)O)C(=O)CF)n1c[nH+]c2ccccc2c1=O. The first kappa shape index (κ1) is 20.2. The number of benzene rings is 1. The van der Waals surface area contributed by atoms with Gasteiger partial charge in [-0.05, 0) is 12.1 Å². The molecule has 1 aromatic carbocycles. The zero-order valence-electron chi connectivity index (χ0n) is 14.9. The second-order valence-electron chi connectivity index (χ2n) is 6.48. The second-order valence-corrected chi connectivity index (χ2v) is 6.48. The summed E-state index contributed by atoms with van der Waals surface area (Å²) in [4.78, 5) is 51.0. The van der Waals surface area contributed by atoms with Gasteiger partial charge in [0.1, 0.15) is 23.6 Å². The van der Waals surface area contributed by atoms with Gasteiger partial charge < -0.3 is 10.4 Å². The van der Waals surface area contributed by atoms with E-state index in [1.807, 2.05) is 0 Å². The molecule has 0 aliphatic rings. The van der Waals surface area contributed by atoms with Crippen molar-refractivity contribution < 1.29 is 28.9 Å². The highest BCUT2D eigenvalue weighted by atomic mass is 19.1. The largest absolute Gasteiger partial charge is 0.481 e. The van der Waals surface area contributed by atoms with Crippen molar-refractivity contribution in [1.29, 1.82) is 0 Å². The lowest BCUT2D eigenvalue weighted by atomic mass is 10.0. The fourth-order valence-electron chi connectivity index (χ4n) is 2.86. The van der Waals surface area contributed by atoms with Crippen molar-refractivity contribution in [2.24, 2.45) is 5.92 Å². The highest BCUT2D eigenvalue weighted by Crippen LogP contribution is 2.17. The molecule has 2 aromatic rings. The van der Waals surface area contributed by atoms with Crippen LogP contribution in [0.1, 0.15) is 26.3 Å². The highest BCUT2D eigenvalue weighted by Gasteiger charge is 2.34. The number of fused-ring (bicyclic) bond motifs is 1. The van der Waals surface area contributed by atoms with Crippen LogP contribution in [0.15, 0.2) is 35.4 Å². The molecule has 9 heteroatoms. The molecule has 2 atom stereocenters. The molecule has 0 bridgehead atoms. The smallest absolute Gasteiger partial charge is 0.345 e. The van der Waals surface area contributed by atoms with Crippen molar-refractivity contribution in [2.75, 3.05) is 6.67 Å². The predicted molar refractivity (Wildman–Crippen MR) is 93.8 cm³/mol. The standard InChI is InChI=1S/C18H20FN3O5/c1-10(2)16(17(26)21-13(7-15(24)25)14(23)8-19)22-9-20-12-6-4-3-5-11(12)18(22)27/h3-6,9-10,13,16H,7-8H2,1-2H3,(H,21,26)(H,24,25)/p+1/t13?,16-/m0/s1. The average Bonchev–Trinajstić information content (AvgIpc) is 2.62. The zero-order chi connectivity index (χ0) is 20.1. The number of rotatable bonds is 8. The fraction of sp³-hybridized carbons (Fsp3) is 0.389. The third kappa shape index (κ3) is 4.55. The number of ketones is 1. The number of aliphatic carboxylic acids is 1. The van der Waals surface area contributed by atoms with Crippen LogP contribution in [0.5, 0.6) is 0 Å². The zero-order valence-corrected chi connectivity index (χ0v) is 14.9. The van der Waals surface area contributed by atoms with Gasteiger partial charge in [-0.25, -0.2) is 14.2 Å². The molecule has 2 rings (SSSR count). The molecule has 27 heavy (non-hydrogen) atoms. The normalized spacial score (nSPS) is 13.3. The Morgan fingerprint density at radius 1 is 1.26 bits per heavy atom. The number of halogens is 1. The lowest BCUT2D eigenvalue weighted by Gasteiger charge is -2.21. The molecule has 1 aromatic heterocycles. The van der Waals surface area contributed by atoms with Gasteiger partial charge in [-0.1, -0.05) is 26.0 Å². The summed E-state index contributed by atoms with van der Waals surface area (Å²) in [6.45, 7) is 2.01. The van der Waals surface area contributed by atoms with E-state index in [1.54, 1.807) is 38.1 Å². The van der Waals surface area contributed by atoms with Crippen molar-refractivity contribution in [3.63, 3.8) is 0 Å². The molecule has 0 spiro atoms. The molecule has 0 fully saturated rings. The summed E-state index contributed by atoms with van der Waals surface area (Å²) >= 11 is 0. The van der Waals surface area contributed by atoms with Crippen LogP contribution in [-0.4, -0.2) is 40.0 Å². The third-order valence-corrected chi connectivity index (χ3v) is 4.17. The summed E-state index contributed by atoms with van der Waals surface area (Å²) in [7, 11) is 0. The van der Waals surface area contributed by atoms with Gasteiger partial charge in [0.25, 0.3) is 5.91 Å². The monoisotopic (exact) mass is 378 g/mol. The number of carbonyl (C=O) groups is 3. The van der Waals surface area contributed by atoms with Gasteiger partial charge in [0.15, 0.2) is 11.8 Å². The topological polar surface area (TPSA) is 120 Å². The number of carboxylic acids is 1. The van der Waals surface area contributed by atoms with Crippen molar-refractivity contribution in [3.05, 3.63) is 40.9 Å². The Balaban J connectivity index is 2.41. The number of hydrogen-bond acceptors (Lipinski definition) is 4. The van der Waals surface area contributed by atoms with Crippen LogP contribution in [0.4, 0.5) is 4.39 Å². The van der Waals surface area contributed by atoms with E-state index in [4.69, 9.17) is 5.11 Å². The number of H-pyrrole nitrogens is 1. The van der Waals surface area contributed by atoms with Crippen molar-refractivity contribution >= 4 is 28.6 Å². The number of para-hydroxylation sites is 1. The van der Waals surface area contributed by atoms with Gasteiger partial charge >= 0.3 is 11.5 Å². The number of hydrogen-bond donors (Lipinski definition) is 2. The Morgan fingerprint density at radius 3 is 2.52 bits per heavy atom. The van der Waals surface area contributed by atoms with E-state index in [-0.39, 0.29) is 5.92 Å². The first-order chi connectivity index (χ1) is 12.8. The molecule has 1 heterocycles. The molecule has 144 valence electrons. The Kier molecular flexibility index (Phi) is 6.38. The molecule has 3 N–H and O–H groups in total. The van der Waals surface area contributed by atoms with Crippen LogP contribution in [0.2, 0.25) is 0 Å². The molecule has 1 amide bonds. The van der Waals surface area contributed by atoms with Gasteiger partial charge in [0.05, 0.1) is 6.42 Å². The number of aromatic nitrogens is 2. The minimum atomic E-state index is -1.50. The number of Topliss-reactive ketones (excluding diaryl/α,β-unsaturated/α-hetero) is 1. The van der Waals surface area contributed by atoms with Crippen LogP contribution in [-0.2, 0) is 14.4 Å². The van der Waals surface area contributed by atoms with Crippen LogP contribution in [0.25, 0.3) is 10.9 Å². The molecule has 0 aliphatic heterocycles. The number of amides is 1. The summed E-state index contributed by atoms with van der Waals surface area (Å²) in [5.41, 5.74) is 0.183.